The first-order valence-electron chi connectivity index (χ1n) is 5.01. The molecule has 0 radical (unpaired) electrons. The van der Waals surface area contributed by atoms with Crippen LogP contribution in [0.3, 0.4) is 0 Å². The molecular weight excluding hydrogens is 221 g/mol. The van der Waals surface area contributed by atoms with Gasteiger partial charge in [0.25, 0.3) is 0 Å². The summed E-state index contributed by atoms with van der Waals surface area (Å²) in [5.74, 6) is -0.153. The van der Waals surface area contributed by atoms with Crippen LogP contribution in [-0.4, -0.2) is 15.9 Å². The molecule has 86 valence electrons. The minimum atomic E-state index is -0.351. The molecule has 0 unspecified atom stereocenters. The van der Waals surface area contributed by atoms with Crippen LogP contribution in [0.2, 0.25) is 0 Å². The summed E-state index contributed by atoms with van der Waals surface area (Å²) in [5.41, 5.74) is 0.555. The summed E-state index contributed by atoms with van der Waals surface area (Å²) in [6.07, 6.45) is 4.49. The van der Waals surface area contributed by atoms with Crippen LogP contribution < -0.4 is 4.90 Å². The molecule has 0 aliphatic carbocycles. The fraction of sp³-hybridized carbons (Fsp3) is 0.0833. The summed E-state index contributed by atoms with van der Waals surface area (Å²) in [5, 5.41) is 0. The van der Waals surface area contributed by atoms with Crippen LogP contribution in [0.15, 0.2) is 42.9 Å². The molecule has 1 aromatic carbocycles. The fourth-order valence-corrected chi connectivity index (χ4v) is 1.47. The molecule has 0 saturated heterocycles. The Morgan fingerprint density at radius 2 is 1.94 bits per heavy atom. The highest BCUT2D eigenvalue weighted by Gasteiger charge is 2.15. The molecule has 2 aromatic rings. The topological polar surface area (TPSA) is 46.1 Å². The van der Waals surface area contributed by atoms with Gasteiger partial charge in [0.05, 0.1) is 11.9 Å². The molecule has 0 saturated carbocycles. The van der Waals surface area contributed by atoms with Crippen LogP contribution in [0.1, 0.15) is 6.92 Å². The SMILES string of the molecule is CC(=O)N(c1ccc(F)cc1)c1cnccn1. The van der Waals surface area contributed by atoms with Gasteiger partial charge in [-0.05, 0) is 24.3 Å². The molecule has 1 aromatic heterocycles. The van der Waals surface area contributed by atoms with Crippen molar-refractivity contribution in [2.24, 2.45) is 0 Å². The number of carbonyl (C=O) groups is 1. The number of aromatic nitrogens is 2. The first-order valence-corrected chi connectivity index (χ1v) is 5.01. The largest absolute Gasteiger partial charge is 0.274 e. The van der Waals surface area contributed by atoms with E-state index in [0.29, 0.717) is 11.5 Å². The van der Waals surface area contributed by atoms with E-state index in [9.17, 15) is 9.18 Å². The molecule has 1 heterocycles. The van der Waals surface area contributed by atoms with Crippen LogP contribution in [0, 0.1) is 5.82 Å². The van der Waals surface area contributed by atoms with Crippen molar-refractivity contribution in [3.05, 3.63) is 48.7 Å². The third kappa shape index (κ3) is 2.44. The van der Waals surface area contributed by atoms with E-state index in [1.807, 2.05) is 0 Å². The Labute approximate surface area is 97.7 Å². The van der Waals surface area contributed by atoms with E-state index >= 15 is 0 Å². The van der Waals surface area contributed by atoms with Crippen molar-refractivity contribution in [3.63, 3.8) is 0 Å². The molecule has 1 amide bonds. The second kappa shape index (κ2) is 4.69. The van der Waals surface area contributed by atoms with E-state index in [2.05, 4.69) is 9.97 Å². The summed E-state index contributed by atoms with van der Waals surface area (Å²) < 4.78 is 12.8. The van der Waals surface area contributed by atoms with Crippen LogP contribution in [0.25, 0.3) is 0 Å². The van der Waals surface area contributed by atoms with Gasteiger partial charge in [-0.25, -0.2) is 9.37 Å². The van der Waals surface area contributed by atoms with Crippen LogP contribution in [0.4, 0.5) is 15.9 Å². The van der Waals surface area contributed by atoms with E-state index in [1.165, 1.54) is 54.7 Å². The summed E-state index contributed by atoms with van der Waals surface area (Å²) >= 11 is 0. The number of hydrogen-bond acceptors (Lipinski definition) is 3. The van der Waals surface area contributed by atoms with Crippen molar-refractivity contribution < 1.29 is 9.18 Å². The molecule has 0 bridgehead atoms. The molecule has 0 fully saturated rings. The predicted octanol–water partition coefficient (Wildman–Crippen LogP) is 2.30. The molecule has 2 rings (SSSR count). The maximum atomic E-state index is 12.8. The van der Waals surface area contributed by atoms with E-state index in [0.717, 1.165) is 0 Å². The van der Waals surface area contributed by atoms with Gasteiger partial charge in [-0.2, -0.15) is 0 Å². The standard InChI is InChI=1S/C12H10FN3O/c1-9(17)16(12-8-14-6-7-15-12)11-4-2-10(13)3-5-11/h2-8H,1H3. The van der Waals surface area contributed by atoms with Gasteiger partial charge in [0.15, 0.2) is 5.82 Å². The molecule has 0 spiro atoms. The minimum Gasteiger partial charge on any atom is -0.274 e. The molecule has 0 aliphatic heterocycles. The Bertz CT molecular complexity index is 513. The Kier molecular flexibility index (Phi) is 3.09. The second-order valence-electron chi connectivity index (χ2n) is 3.39. The van der Waals surface area contributed by atoms with Gasteiger partial charge in [0, 0.05) is 19.3 Å². The first-order chi connectivity index (χ1) is 8.18. The van der Waals surface area contributed by atoms with Crippen molar-refractivity contribution in [3.8, 4) is 0 Å². The molecular formula is C12H10FN3O. The van der Waals surface area contributed by atoms with E-state index in [4.69, 9.17) is 0 Å². The van der Waals surface area contributed by atoms with Gasteiger partial charge >= 0.3 is 0 Å². The zero-order chi connectivity index (χ0) is 12.3. The number of benzene rings is 1. The van der Waals surface area contributed by atoms with Crippen molar-refractivity contribution >= 4 is 17.4 Å². The Morgan fingerprint density at radius 1 is 1.24 bits per heavy atom. The lowest BCUT2D eigenvalue weighted by atomic mass is 10.2. The molecule has 0 atom stereocenters. The normalized spacial score (nSPS) is 10.0. The zero-order valence-electron chi connectivity index (χ0n) is 9.17. The highest BCUT2D eigenvalue weighted by molar-refractivity contribution is 5.97. The lowest BCUT2D eigenvalue weighted by Crippen LogP contribution is -2.23. The minimum absolute atomic E-state index is 0.211. The first kappa shape index (κ1) is 11.2. The van der Waals surface area contributed by atoms with Crippen LogP contribution in [0.5, 0.6) is 0 Å². The average molecular weight is 231 g/mol. The van der Waals surface area contributed by atoms with Gasteiger partial charge < -0.3 is 0 Å². The summed E-state index contributed by atoms with van der Waals surface area (Å²) in [4.78, 5) is 20.9. The Balaban J connectivity index is 2.43. The molecule has 4 nitrogen and oxygen atoms in total. The van der Waals surface area contributed by atoms with Gasteiger partial charge in [-0.3, -0.25) is 14.7 Å². The van der Waals surface area contributed by atoms with Crippen molar-refractivity contribution in [2.75, 3.05) is 4.90 Å². The van der Waals surface area contributed by atoms with E-state index in [-0.39, 0.29) is 11.7 Å². The van der Waals surface area contributed by atoms with Crippen LogP contribution in [-0.2, 0) is 4.79 Å². The number of halogens is 1. The maximum absolute atomic E-state index is 12.8. The lowest BCUT2D eigenvalue weighted by molar-refractivity contribution is -0.115. The van der Waals surface area contributed by atoms with Crippen LogP contribution >= 0.6 is 0 Å². The Hall–Kier alpha value is -2.30. The quantitative estimate of drug-likeness (QED) is 0.796. The van der Waals surface area contributed by atoms with Crippen molar-refractivity contribution in [2.45, 2.75) is 6.92 Å². The fourth-order valence-electron chi connectivity index (χ4n) is 1.47. The number of carbonyl (C=O) groups excluding carboxylic acids is 1. The maximum Gasteiger partial charge on any atom is 0.229 e. The second-order valence-corrected chi connectivity index (χ2v) is 3.39. The van der Waals surface area contributed by atoms with E-state index < -0.39 is 0 Å². The molecule has 0 aliphatic rings. The Morgan fingerprint density at radius 3 is 2.47 bits per heavy atom. The number of amides is 1. The van der Waals surface area contributed by atoms with E-state index in [1.54, 1.807) is 0 Å². The molecule has 0 N–H and O–H groups in total. The number of hydrogen-bond donors (Lipinski definition) is 0. The van der Waals surface area contributed by atoms with Gasteiger partial charge in [-0.1, -0.05) is 0 Å². The summed E-state index contributed by atoms with van der Waals surface area (Å²) in [6.45, 7) is 1.41. The number of nitrogens with zero attached hydrogens (tertiary/aromatic N) is 3. The van der Waals surface area contributed by atoms with Gasteiger partial charge in [0.1, 0.15) is 5.82 Å². The third-order valence-corrected chi connectivity index (χ3v) is 2.18. The van der Waals surface area contributed by atoms with Crippen molar-refractivity contribution in [1.29, 1.82) is 0 Å². The van der Waals surface area contributed by atoms with Gasteiger partial charge in [0.2, 0.25) is 5.91 Å². The summed E-state index contributed by atoms with van der Waals surface area (Å²) in [7, 11) is 0. The third-order valence-electron chi connectivity index (χ3n) is 2.18. The average Bonchev–Trinajstić information content (AvgIpc) is 2.33. The smallest absolute Gasteiger partial charge is 0.229 e. The highest BCUT2D eigenvalue weighted by Crippen LogP contribution is 2.22. The zero-order valence-corrected chi connectivity index (χ0v) is 9.17. The monoisotopic (exact) mass is 231 g/mol. The van der Waals surface area contributed by atoms with Gasteiger partial charge in [-0.15, -0.1) is 0 Å². The highest BCUT2D eigenvalue weighted by atomic mass is 19.1. The van der Waals surface area contributed by atoms with Crippen molar-refractivity contribution in [1.82, 2.24) is 9.97 Å². The number of anilines is 2. The summed E-state index contributed by atoms with van der Waals surface area (Å²) in [6, 6.07) is 5.63. The lowest BCUT2D eigenvalue weighted by Gasteiger charge is -2.19. The predicted molar refractivity (Wildman–Crippen MR) is 61.3 cm³/mol. The molecule has 5 heteroatoms. The molecule has 17 heavy (non-hydrogen) atoms. The number of rotatable bonds is 2.